The van der Waals surface area contributed by atoms with Crippen molar-refractivity contribution in [1.29, 1.82) is 0 Å². The van der Waals surface area contributed by atoms with Crippen molar-refractivity contribution >= 4 is 11.6 Å². The lowest BCUT2D eigenvalue weighted by Crippen LogP contribution is -2.31. The Labute approximate surface area is 125 Å². The van der Waals surface area contributed by atoms with Gasteiger partial charge in [-0.15, -0.1) is 0 Å². The number of hydrogen-bond acceptors (Lipinski definition) is 4. The van der Waals surface area contributed by atoms with Crippen LogP contribution in [0.1, 0.15) is 38.7 Å². The van der Waals surface area contributed by atoms with E-state index >= 15 is 0 Å². The number of methoxy groups -OCH3 is 1. The van der Waals surface area contributed by atoms with Gasteiger partial charge in [-0.25, -0.2) is 5.01 Å². The van der Waals surface area contributed by atoms with Crippen LogP contribution in [0, 0.1) is 0 Å². The minimum absolute atomic E-state index is 0.0609. The Morgan fingerprint density at radius 3 is 2.81 bits per heavy atom. The molecule has 1 heterocycles. The van der Waals surface area contributed by atoms with Gasteiger partial charge in [-0.05, 0) is 38.0 Å². The lowest BCUT2D eigenvalue weighted by Gasteiger charge is -2.23. The van der Waals surface area contributed by atoms with Gasteiger partial charge in [0.15, 0.2) is 11.5 Å². The molecule has 0 spiro atoms. The molecule has 0 unspecified atom stereocenters. The monoisotopic (exact) mass is 290 g/mol. The Bertz CT molecular complexity index is 540. The summed E-state index contributed by atoms with van der Waals surface area (Å²) in [5.41, 5.74) is 1.90. The third kappa shape index (κ3) is 3.54. The smallest absolute Gasteiger partial charge is 0.242 e. The average molecular weight is 290 g/mol. The third-order valence-corrected chi connectivity index (χ3v) is 3.41. The number of carbonyl (C=O) groups excluding carboxylic acids is 1. The van der Waals surface area contributed by atoms with Crippen LogP contribution < -0.4 is 9.47 Å². The first-order chi connectivity index (χ1) is 10.2. The highest BCUT2D eigenvalue weighted by atomic mass is 16.5. The van der Waals surface area contributed by atoms with E-state index in [4.69, 9.17) is 9.47 Å². The van der Waals surface area contributed by atoms with Gasteiger partial charge >= 0.3 is 0 Å². The second-order valence-electron chi connectivity index (χ2n) is 4.82. The summed E-state index contributed by atoms with van der Waals surface area (Å²) in [5.74, 6) is 1.48. The summed E-state index contributed by atoms with van der Waals surface area (Å²) in [6, 6.07) is 5.77. The summed E-state index contributed by atoms with van der Waals surface area (Å²) in [6.45, 7) is 5.07. The summed E-state index contributed by atoms with van der Waals surface area (Å²) >= 11 is 0. The molecule has 1 aromatic carbocycles. The summed E-state index contributed by atoms with van der Waals surface area (Å²) < 4.78 is 10.9. The number of carbonyl (C=O) groups is 1. The van der Waals surface area contributed by atoms with Gasteiger partial charge in [0.05, 0.1) is 19.4 Å². The van der Waals surface area contributed by atoms with Crippen LogP contribution >= 0.6 is 0 Å². The van der Waals surface area contributed by atoms with Crippen molar-refractivity contribution in [2.75, 3.05) is 20.3 Å². The molecular weight excluding hydrogens is 268 g/mol. The minimum atomic E-state index is 0.0609. The number of ether oxygens (including phenoxy) is 2. The van der Waals surface area contributed by atoms with Crippen LogP contribution in [0.5, 0.6) is 11.5 Å². The highest BCUT2D eigenvalue weighted by Gasteiger charge is 2.19. The SMILES string of the molecule is CCOc1cc(C2=NN(C(=O)CC)CCC2)ccc1OC. The predicted molar refractivity (Wildman–Crippen MR) is 81.9 cm³/mol. The average Bonchev–Trinajstić information content (AvgIpc) is 2.54. The van der Waals surface area contributed by atoms with Crippen LogP contribution in [-0.4, -0.2) is 36.9 Å². The first-order valence-electron chi connectivity index (χ1n) is 7.38. The first kappa shape index (κ1) is 15.4. The van der Waals surface area contributed by atoms with E-state index in [0.717, 1.165) is 24.1 Å². The molecule has 0 bridgehead atoms. The van der Waals surface area contributed by atoms with E-state index in [9.17, 15) is 4.79 Å². The minimum Gasteiger partial charge on any atom is -0.493 e. The normalized spacial score (nSPS) is 14.6. The molecule has 0 aromatic heterocycles. The van der Waals surface area contributed by atoms with Crippen molar-refractivity contribution in [3.63, 3.8) is 0 Å². The van der Waals surface area contributed by atoms with Crippen molar-refractivity contribution in [3.05, 3.63) is 23.8 Å². The second-order valence-corrected chi connectivity index (χ2v) is 4.82. The number of rotatable bonds is 5. The molecule has 114 valence electrons. The fraction of sp³-hybridized carbons (Fsp3) is 0.500. The van der Waals surface area contributed by atoms with Gasteiger partial charge < -0.3 is 9.47 Å². The summed E-state index contributed by atoms with van der Waals surface area (Å²) in [4.78, 5) is 11.8. The van der Waals surface area contributed by atoms with Crippen LogP contribution in [0.2, 0.25) is 0 Å². The molecule has 21 heavy (non-hydrogen) atoms. The third-order valence-electron chi connectivity index (χ3n) is 3.41. The molecule has 0 saturated heterocycles. The molecule has 0 aliphatic carbocycles. The Morgan fingerprint density at radius 1 is 1.33 bits per heavy atom. The van der Waals surface area contributed by atoms with Crippen molar-refractivity contribution in [2.24, 2.45) is 5.10 Å². The van der Waals surface area contributed by atoms with Gasteiger partial charge in [0.25, 0.3) is 0 Å². The maximum Gasteiger partial charge on any atom is 0.242 e. The van der Waals surface area contributed by atoms with Crippen molar-refractivity contribution in [1.82, 2.24) is 5.01 Å². The molecule has 0 atom stereocenters. The van der Waals surface area contributed by atoms with E-state index in [1.165, 1.54) is 0 Å². The molecule has 1 aliphatic heterocycles. The summed E-state index contributed by atoms with van der Waals surface area (Å²) in [6.07, 6.45) is 2.27. The van der Waals surface area contributed by atoms with Crippen molar-refractivity contribution in [3.8, 4) is 11.5 Å². The van der Waals surface area contributed by atoms with Gasteiger partial charge in [0.1, 0.15) is 0 Å². The molecule has 0 fully saturated rings. The Hall–Kier alpha value is -2.04. The lowest BCUT2D eigenvalue weighted by molar-refractivity contribution is -0.131. The molecular formula is C16H22N2O3. The Morgan fingerprint density at radius 2 is 2.14 bits per heavy atom. The van der Waals surface area contributed by atoms with E-state index in [-0.39, 0.29) is 5.91 Å². The van der Waals surface area contributed by atoms with Gasteiger partial charge in [0.2, 0.25) is 5.91 Å². The van der Waals surface area contributed by atoms with E-state index < -0.39 is 0 Å². The topological polar surface area (TPSA) is 51.1 Å². The van der Waals surface area contributed by atoms with Gasteiger partial charge in [-0.2, -0.15) is 5.10 Å². The molecule has 1 aliphatic rings. The molecule has 1 aromatic rings. The quantitative estimate of drug-likeness (QED) is 0.838. The van der Waals surface area contributed by atoms with Gasteiger partial charge in [0, 0.05) is 18.5 Å². The maximum absolute atomic E-state index is 11.8. The fourth-order valence-electron chi connectivity index (χ4n) is 2.33. The predicted octanol–water partition coefficient (Wildman–Crippen LogP) is 2.83. The van der Waals surface area contributed by atoms with E-state index in [2.05, 4.69) is 5.10 Å². The van der Waals surface area contributed by atoms with Gasteiger partial charge in [-0.1, -0.05) is 6.92 Å². The number of hydrazone groups is 1. The highest BCUT2D eigenvalue weighted by molar-refractivity contribution is 6.02. The van der Waals surface area contributed by atoms with E-state index in [1.54, 1.807) is 12.1 Å². The number of hydrogen-bond donors (Lipinski definition) is 0. The molecule has 1 amide bonds. The lowest BCUT2D eigenvalue weighted by atomic mass is 10.0. The summed E-state index contributed by atoms with van der Waals surface area (Å²) in [5, 5.41) is 6.06. The standard InChI is InChI=1S/C16H22N2O3/c1-4-16(19)18-10-6-7-13(17-18)12-8-9-14(20-3)15(11-12)21-5-2/h8-9,11H,4-7,10H2,1-3H3. The van der Waals surface area contributed by atoms with E-state index in [0.29, 0.717) is 31.1 Å². The molecule has 5 heteroatoms. The maximum atomic E-state index is 11.8. The Balaban J connectivity index is 2.30. The zero-order chi connectivity index (χ0) is 15.2. The molecule has 2 rings (SSSR count). The van der Waals surface area contributed by atoms with Crippen molar-refractivity contribution < 1.29 is 14.3 Å². The van der Waals surface area contributed by atoms with Crippen LogP contribution in [0.4, 0.5) is 0 Å². The zero-order valence-corrected chi connectivity index (χ0v) is 12.9. The zero-order valence-electron chi connectivity index (χ0n) is 12.9. The summed E-state index contributed by atoms with van der Waals surface area (Å²) in [7, 11) is 1.62. The Kier molecular flexibility index (Phi) is 5.20. The second kappa shape index (κ2) is 7.11. The van der Waals surface area contributed by atoms with E-state index in [1.807, 2.05) is 32.0 Å². The van der Waals surface area contributed by atoms with Crippen LogP contribution in [0.3, 0.4) is 0 Å². The molecule has 0 saturated carbocycles. The highest BCUT2D eigenvalue weighted by Crippen LogP contribution is 2.29. The fourth-order valence-corrected chi connectivity index (χ4v) is 2.33. The number of benzene rings is 1. The molecule has 0 N–H and O–H groups in total. The van der Waals surface area contributed by atoms with Gasteiger partial charge in [-0.3, -0.25) is 4.79 Å². The van der Waals surface area contributed by atoms with Crippen LogP contribution in [0.15, 0.2) is 23.3 Å². The first-order valence-corrected chi connectivity index (χ1v) is 7.38. The molecule has 0 radical (unpaired) electrons. The molecule has 5 nitrogen and oxygen atoms in total. The number of amides is 1. The largest absolute Gasteiger partial charge is 0.493 e. The van der Waals surface area contributed by atoms with Crippen LogP contribution in [-0.2, 0) is 4.79 Å². The van der Waals surface area contributed by atoms with Crippen LogP contribution in [0.25, 0.3) is 0 Å². The van der Waals surface area contributed by atoms with Crippen molar-refractivity contribution in [2.45, 2.75) is 33.1 Å². The number of nitrogens with zero attached hydrogens (tertiary/aromatic N) is 2.